The van der Waals surface area contributed by atoms with Crippen molar-refractivity contribution in [3.05, 3.63) is 24.2 Å². The smallest absolute Gasteiger partial charge is 0.120 e. The average molecular weight is 183 g/mol. The van der Waals surface area contributed by atoms with Gasteiger partial charge in [-0.15, -0.1) is 0 Å². The first-order valence-corrected chi connectivity index (χ1v) is 4.48. The maximum Gasteiger partial charge on any atom is 0.120 e. The van der Waals surface area contributed by atoms with Crippen LogP contribution in [-0.2, 0) is 0 Å². The lowest BCUT2D eigenvalue weighted by molar-refractivity contribution is 0.0762. The van der Waals surface area contributed by atoms with Crippen molar-refractivity contribution in [2.24, 2.45) is 0 Å². The number of hydrogen-bond donors (Lipinski definition) is 2. The number of nitrogens with one attached hydrogen (secondary N) is 1. The molecule has 0 aliphatic heterocycles. The van der Waals surface area contributed by atoms with E-state index in [-0.39, 0.29) is 6.04 Å². The summed E-state index contributed by atoms with van der Waals surface area (Å²) in [7, 11) is 0. The summed E-state index contributed by atoms with van der Waals surface area (Å²) in [5.41, 5.74) is -0.680. The Labute approximate surface area is 78.8 Å². The summed E-state index contributed by atoms with van der Waals surface area (Å²) in [4.78, 5) is 0. The van der Waals surface area contributed by atoms with Gasteiger partial charge in [0.05, 0.1) is 17.9 Å². The lowest BCUT2D eigenvalue weighted by atomic mass is 10.1. The Bertz CT molecular complexity index is 236. The van der Waals surface area contributed by atoms with Gasteiger partial charge < -0.3 is 14.8 Å². The van der Waals surface area contributed by atoms with Gasteiger partial charge in [0.15, 0.2) is 0 Å². The Kier molecular flexibility index (Phi) is 3.12. The number of furan rings is 1. The van der Waals surface area contributed by atoms with Crippen LogP contribution in [0.2, 0.25) is 0 Å². The Morgan fingerprint density at radius 1 is 1.62 bits per heavy atom. The van der Waals surface area contributed by atoms with E-state index in [1.165, 1.54) is 0 Å². The summed E-state index contributed by atoms with van der Waals surface area (Å²) in [6.07, 6.45) is 1.65. The summed E-state index contributed by atoms with van der Waals surface area (Å²) in [6, 6.07) is 3.92. The van der Waals surface area contributed by atoms with Crippen molar-refractivity contribution in [2.75, 3.05) is 6.54 Å². The monoisotopic (exact) mass is 183 g/mol. The van der Waals surface area contributed by atoms with Crippen LogP contribution in [-0.4, -0.2) is 17.3 Å². The van der Waals surface area contributed by atoms with Crippen LogP contribution >= 0.6 is 0 Å². The highest BCUT2D eigenvalue weighted by atomic mass is 16.3. The lowest BCUT2D eigenvalue weighted by Crippen LogP contribution is -2.35. The van der Waals surface area contributed by atoms with E-state index in [0.29, 0.717) is 6.54 Å². The first-order valence-electron chi connectivity index (χ1n) is 4.48. The molecule has 0 fully saturated rings. The maximum atomic E-state index is 9.47. The molecule has 0 aliphatic rings. The maximum absolute atomic E-state index is 9.47. The van der Waals surface area contributed by atoms with Crippen molar-refractivity contribution >= 4 is 0 Å². The van der Waals surface area contributed by atoms with Crippen LogP contribution in [0, 0.1) is 0 Å². The van der Waals surface area contributed by atoms with Crippen molar-refractivity contribution in [3.63, 3.8) is 0 Å². The van der Waals surface area contributed by atoms with Crippen molar-refractivity contribution < 1.29 is 9.52 Å². The van der Waals surface area contributed by atoms with Gasteiger partial charge in [0.1, 0.15) is 5.76 Å². The first kappa shape index (κ1) is 10.3. The Morgan fingerprint density at radius 2 is 2.31 bits per heavy atom. The fourth-order valence-corrected chi connectivity index (χ4v) is 1.04. The molecule has 2 N–H and O–H groups in total. The Morgan fingerprint density at radius 3 is 2.77 bits per heavy atom. The van der Waals surface area contributed by atoms with Gasteiger partial charge in [0.25, 0.3) is 0 Å². The Balaban J connectivity index is 2.39. The zero-order valence-corrected chi connectivity index (χ0v) is 8.37. The van der Waals surface area contributed by atoms with E-state index in [2.05, 4.69) is 5.32 Å². The highest BCUT2D eigenvalue weighted by Crippen LogP contribution is 2.12. The fourth-order valence-electron chi connectivity index (χ4n) is 1.04. The highest BCUT2D eigenvalue weighted by Gasteiger charge is 2.15. The molecule has 1 atom stereocenters. The van der Waals surface area contributed by atoms with Gasteiger partial charge in [0, 0.05) is 6.54 Å². The molecule has 0 saturated heterocycles. The molecular weight excluding hydrogens is 166 g/mol. The minimum Gasteiger partial charge on any atom is -0.468 e. The molecule has 0 spiro atoms. The van der Waals surface area contributed by atoms with Crippen molar-refractivity contribution in [3.8, 4) is 0 Å². The third-order valence-electron chi connectivity index (χ3n) is 1.81. The third-order valence-corrected chi connectivity index (χ3v) is 1.81. The van der Waals surface area contributed by atoms with Crippen LogP contribution in [0.3, 0.4) is 0 Å². The molecule has 0 amide bonds. The molecule has 1 aromatic rings. The van der Waals surface area contributed by atoms with E-state index < -0.39 is 5.60 Å². The van der Waals surface area contributed by atoms with Gasteiger partial charge in [-0.3, -0.25) is 0 Å². The second-order valence-corrected chi connectivity index (χ2v) is 3.93. The molecule has 0 aliphatic carbocycles. The Hall–Kier alpha value is -0.800. The zero-order chi connectivity index (χ0) is 9.90. The van der Waals surface area contributed by atoms with Gasteiger partial charge >= 0.3 is 0 Å². The van der Waals surface area contributed by atoms with Crippen LogP contribution in [0.15, 0.2) is 22.8 Å². The second-order valence-electron chi connectivity index (χ2n) is 3.93. The molecule has 1 heterocycles. The van der Waals surface area contributed by atoms with Crippen molar-refractivity contribution in [1.29, 1.82) is 0 Å². The minimum atomic E-state index is -0.680. The summed E-state index contributed by atoms with van der Waals surface area (Å²) in [6.45, 7) is 6.10. The standard InChI is InChI=1S/C10H17NO2/c1-8(9-5-4-6-13-9)11-7-10(2,3)12/h4-6,8,11-12H,7H2,1-3H3/t8-/m0/s1. The SMILES string of the molecule is C[C@H](NCC(C)(C)O)c1ccco1. The number of aliphatic hydroxyl groups is 1. The van der Waals surface area contributed by atoms with E-state index in [0.717, 1.165) is 5.76 Å². The molecule has 1 rings (SSSR count). The van der Waals surface area contributed by atoms with Crippen LogP contribution in [0.5, 0.6) is 0 Å². The van der Waals surface area contributed by atoms with E-state index in [9.17, 15) is 5.11 Å². The van der Waals surface area contributed by atoms with E-state index in [4.69, 9.17) is 4.42 Å². The van der Waals surface area contributed by atoms with Crippen LogP contribution < -0.4 is 5.32 Å². The summed E-state index contributed by atoms with van der Waals surface area (Å²) < 4.78 is 5.22. The number of hydrogen-bond acceptors (Lipinski definition) is 3. The van der Waals surface area contributed by atoms with Crippen LogP contribution in [0.4, 0.5) is 0 Å². The molecule has 3 nitrogen and oxygen atoms in total. The van der Waals surface area contributed by atoms with E-state index in [1.54, 1.807) is 20.1 Å². The first-order chi connectivity index (χ1) is 5.99. The quantitative estimate of drug-likeness (QED) is 0.746. The van der Waals surface area contributed by atoms with Crippen molar-refractivity contribution in [1.82, 2.24) is 5.32 Å². The summed E-state index contributed by atoms with van der Waals surface area (Å²) in [5.74, 6) is 0.893. The molecule has 1 aromatic heterocycles. The largest absolute Gasteiger partial charge is 0.468 e. The van der Waals surface area contributed by atoms with Gasteiger partial charge in [-0.25, -0.2) is 0 Å². The predicted molar refractivity (Wildman–Crippen MR) is 51.4 cm³/mol. The minimum absolute atomic E-state index is 0.140. The predicted octanol–water partition coefficient (Wildman–Crippen LogP) is 1.70. The van der Waals surface area contributed by atoms with Crippen LogP contribution in [0.25, 0.3) is 0 Å². The van der Waals surface area contributed by atoms with E-state index >= 15 is 0 Å². The topological polar surface area (TPSA) is 45.4 Å². The van der Waals surface area contributed by atoms with Gasteiger partial charge in [0.2, 0.25) is 0 Å². The van der Waals surface area contributed by atoms with Gasteiger partial charge in [-0.2, -0.15) is 0 Å². The molecule has 0 bridgehead atoms. The van der Waals surface area contributed by atoms with E-state index in [1.807, 2.05) is 19.1 Å². The molecule has 74 valence electrons. The van der Waals surface area contributed by atoms with Crippen molar-refractivity contribution in [2.45, 2.75) is 32.4 Å². The molecule has 0 aromatic carbocycles. The molecule has 0 radical (unpaired) electrons. The molecule has 0 unspecified atom stereocenters. The zero-order valence-electron chi connectivity index (χ0n) is 8.37. The highest BCUT2D eigenvalue weighted by molar-refractivity contribution is 5.03. The molecule has 13 heavy (non-hydrogen) atoms. The molecule has 3 heteroatoms. The molecule has 0 saturated carbocycles. The van der Waals surface area contributed by atoms with Gasteiger partial charge in [-0.1, -0.05) is 0 Å². The van der Waals surface area contributed by atoms with Gasteiger partial charge in [-0.05, 0) is 32.9 Å². The average Bonchev–Trinajstić information content (AvgIpc) is 2.50. The normalized spacial score (nSPS) is 14.5. The number of rotatable bonds is 4. The summed E-state index contributed by atoms with van der Waals surface area (Å²) in [5, 5.41) is 12.7. The van der Waals surface area contributed by atoms with Crippen LogP contribution in [0.1, 0.15) is 32.6 Å². The fraction of sp³-hybridized carbons (Fsp3) is 0.600. The third kappa shape index (κ3) is 3.61. The summed E-state index contributed by atoms with van der Waals surface area (Å²) >= 11 is 0. The molecular formula is C10H17NO2. The second kappa shape index (κ2) is 3.94. The lowest BCUT2D eigenvalue weighted by Gasteiger charge is -2.20.